The van der Waals surface area contributed by atoms with Crippen LogP contribution in [0.25, 0.3) is 0 Å². The zero-order valence-electron chi connectivity index (χ0n) is 28.5. The van der Waals surface area contributed by atoms with Crippen LogP contribution >= 0.6 is 34.5 Å². The van der Waals surface area contributed by atoms with Crippen LogP contribution < -0.4 is 18.5 Å². The minimum atomic E-state index is -4.77. The third-order valence-corrected chi connectivity index (χ3v) is 11.4. The van der Waals surface area contributed by atoms with Gasteiger partial charge in [0.25, 0.3) is 10.0 Å². The summed E-state index contributed by atoms with van der Waals surface area (Å²) in [6, 6.07) is 13.3. The SMILES string of the molecule is COc1ccc(CN(c2ncc(Cl)s2)S(=O)(=O)c2cc(F)c(OCC3CN(C(=O)OC(C)(C)C)CCC3c3ccc(Cl)cc3)cc2F)c(OC)c1. The predicted molar refractivity (Wildman–Crippen MR) is 192 cm³/mol. The molecule has 1 aliphatic rings. The first-order chi connectivity index (χ1) is 24.1. The van der Waals surface area contributed by atoms with Crippen LogP contribution in [0.15, 0.2) is 65.7 Å². The van der Waals surface area contributed by atoms with E-state index in [1.165, 1.54) is 20.4 Å². The summed E-state index contributed by atoms with van der Waals surface area (Å²) in [6.45, 7) is 5.49. The number of methoxy groups -OCH3 is 2. The molecule has 2 unspecified atom stereocenters. The highest BCUT2D eigenvalue weighted by Crippen LogP contribution is 2.38. The van der Waals surface area contributed by atoms with Gasteiger partial charge in [-0.05, 0) is 62.9 Å². The van der Waals surface area contributed by atoms with Crippen molar-refractivity contribution in [1.29, 1.82) is 0 Å². The lowest BCUT2D eigenvalue weighted by Crippen LogP contribution is -2.46. The number of thiazole rings is 1. The van der Waals surface area contributed by atoms with Gasteiger partial charge < -0.3 is 23.8 Å². The van der Waals surface area contributed by atoms with Crippen molar-refractivity contribution in [3.05, 3.63) is 92.9 Å². The lowest BCUT2D eigenvalue weighted by molar-refractivity contribution is 0.0110. The molecule has 0 radical (unpaired) electrons. The number of hydrogen-bond donors (Lipinski definition) is 0. The minimum absolute atomic E-state index is 0.0712. The van der Waals surface area contributed by atoms with Gasteiger partial charge >= 0.3 is 6.09 Å². The highest BCUT2D eigenvalue weighted by atomic mass is 35.5. The van der Waals surface area contributed by atoms with E-state index in [2.05, 4.69) is 4.98 Å². The number of nitrogens with zero attached hydrogens (tertiary/aromatic N) is 3. The first-order valence-electron chi connectivity index (χ1n) is 15.8. The van der Waals surface area contributed by atoms with E-state index in [-0.39, 0.29) is 41.0 Å². The fourth-order valence-corrected chi connectivity index (χ4v) is 8.43. The molecular formula is C35H37Cl2F2N3O7S2. The maximum atomic E-state index is 15.8. The molecule has 4 aromatic rings. The Morgan fingerprint density at radius 1 is 1.02 bits per heavy atom. The van der Waals surface area contributed by atoms with Crippen molar-refractivity contribution in [3.63, 3.8) is 0 Å². The van der Waals surface area contributed by atoms with Crippen molar-refractivity contribution in [2.75, 3.05) is 38.2 Å². The monoisotopic (exact) mass is 783 g/mol. The van der Waals surface area contributed by atoms with E-state index in [1.54, 1.807) is 56.0 Å². The van der Waals surface area contributed by atoms with Gasteiger partial charge in [-0.3, -0.25) is 0 Å². The molecule has 0 saturated carbocycles. The van der Waals surface area contributed by atoms with Crippen LogP contribution in [0.1, 0.15) is 44.2 Å². The molecule has 3 aromatic carbocycles. The normalized spacial score (nSPS) is 16.5. The van der Waals surface area contributed by atoms with E-state index in [1.807, 2.05) is 12.1 Å². The number of piperidine rings is 1. The second-order valence-corrected chi connectivity index (χ2v) is 16.7. The first kappa shape index (κ1) is 38.4. The van der Waals surface area contributed by atoms with Crippen molar-refractivity contribution >= 4 is 55.8 Å². The molecule has 5 rings (SSSR count). The van der Waals surface area contributed by atoms with Gasteiger partial charge in [0.2, 0.25) is 5.13 Å². The van der Waals surface area contributed by atoms with E-state index in [4.69, 9.17) is 42.1 Å². The summed E-state index contributed by atoms with van der Waals surface area (Å²) < 4.78 is 82.8. The van der Waals surface area contributed by atoms with Crippen LogP contribution in [-0.2, 0) is 21.3 Å². The van der Waals surface area contributed by atoms with Crippen molar-refractivity contribution in [2.45, 2.75) is 50.2 Å². The van der Waals surface area contributed by atoms with Gasteiger partial charge in [-0.25, -0.2) is 31.3 Å². The Morgan fingerprint density at radius 2 is 1.75 bits per heavy atom. The quantitative estimate of drug-likeness (QED) is 0.149. The molecule has 16 heteroatoms. The lowest BCUT2D eigenvalue weighted by atomic mass is 9.81. The number of ether oxygens (including phenoxy) is 4. The summed E-state index contributed by atoms with van der Waals surface area (Å²) in [7, 11) is -1.89. The van der Waals surface area contributed by atoms with Crippen molar-refractivity contribution in [1.82, 2.24) is 9.88 Å². The molecule has 1 aliphatic heterocycles. The molecule has 1 aromatic heterocycles. The highest BCUT2D eigenvalue weighted by molar-refractivity contribution is 7.93. The fraction of sp³-hybridized carbons (Fsp3) is 0.371. The first-order valence-corrected chi connectivity index (χ1v) is 18.8. The van der Waals surface area contributed by atoms with E-state index < -0.39 is 44.0 Å². The largest absolute Gasteiger partial charge is 0.497 e. The second kappa shape index (κ2) is 15.8. The number of amides is 1. The summed E-state index contributed by atoms with van der Waals surface area (Å²) >= 11 is 13.1. The number of hydrogen-bond acceptors (Lipinski definition) is 9. The molecule has 51 heavy (non-hydrogen) atoms. The number of carbonyl (C=O) groups excluding carboxylic acids is 1. The van der Waals surface area contributed by atoms with Crippen LogP contribution in [-0.4, -0.2) is 63.9 Å². The number of sulfonamides is 1. The van der Waals surface area contributed by atoms with Crippen molar-refractivity contribution < 1.29 is 40.9 Å². The van der Waals surface area contributed by atoms with Gasteiger partial charge in [0, 0.05) is 47.8 Å². The summed E-state index contributed by atoms with van der Waals surface area (Å²) in [6.07, 6.45) is 1.32. The Labute approximate surface area is 309 Å². The number of carbonyl (C=O) groups is 1. The second-order valence-electron chi connectivity index (χ2n) is 12.8. The molecule has 2 heterocycles. The van der Waals surface area contributed by atoms with E-state index in [9.17, 15) is 13.2 Å². The maximum Gasteiger partial charge on any atom is 0.410 e. The van der Waals surface area contributed by atoms with Crippen LogP contribution in [0.4, 0.5) is 18.7 Å². The van der Waals surface area contributed by atoms with Crippen LogP contribution in [0.5, 0.6) is 17.2 Å². The Kier molecular flexibility index (Phi) is 11.9. The lowest BCUT2D eigenvalue weighted by Gasteiger charge is -2.39. The molecule has 0 N–H and O–H groups in total. The molecule has 274 valence electrons. The Balaban J connectivity index is 1.42. The minimum Gasteiger partial charge on any atom is -0.497 e. The number of anilines is 1. The molecule has 1 amide bonds. The van der Waals surface area contributed by atoms with Gasteiger partial charge in [-0.1, -0.05) is 46.7 Å². The predicted octanol–water partition coefficient (Wildman–Crippen LogP) is 8.56. The molecule has 2 atom stereocenters. The molecule has 0 bridgehead atoms. The summed E-state index contributed by atoms with van der Waals surface area (Å²) in [5.74, 6) is -2.53. The summed E-state index contributed by atoms with van der Waals surface area (Å²) in [5.41, 5.74) is 0.638. The molecule has 0 aliphatic carbocycles. The molecule has 1 fully saturated rings. The van der Waals surface area contributed by atoms with Crippen molar-refractivity contribution in [2.24, 2.45) is 5.92 Å². The zero-order valence-corrected chi connectivity index (χ0v) is 31.6. The number of halogens is 4. The highest BCUT2D eigenvalue weighted by Gasteiger charge is 2.36. The number of aromatic nitrogens is 1. The van der Waals surface area contributed by atoms with Gasteiger partial charge in [-0.2, -0.15) is 0 Å². The molecule has 10 nitrogen and oxygen atoms in total. The molecule has 0 spiro atoms. The van der Waals surface area contributed by atoms with Gasteiger partial charge in [0.05, 0.1) is 33.6 Å². The Bertz CT molecular complexity index is 1970. The third kappa shape index (κ3) is 9.15. The average Bonchev–Trinajstić information content (AvgIpc) is 3.52. The van der Waals surface area contributed by atoms with Crippen LogP contribution in [0, 0.1) is 17.6 Å². The molecule has 1 saturated heterocycles. The van der Waals surface area contributed by atoms with E-state index in [0.717, 1.165) is 21.2 Å². The number of likely N-dealkylation sites (tertiary alicyclic amines) is 1. The maximum absolute atomic E-state index is 15.8. The number of benzene rings is 3. The smallest absolute Gasteiger partial charge is 0.410 e. The standard InChI is InChI=1S/C35H37Cl2F2N3O7S2/c1-35(2,3)49-34(43)41-13-12-26(21-6-9-24(36)10-7-21)23(18-41)20-48-30-15-28(39)31(16-27(30)38)51(44,45)42(33-40-17-32(37)50-33)19-22-8-11-25(46-4)14-29(22)47-5/h6-11,14-17,23,26H,12-13,18-20H2,1-5H3. The van der Waals surface area contributed by atoms with Crippen molar-refractivity contribution in [3.8, 4) is 17.2 Å². The third-order valence-electron chi connectivity index (χ3n) is 8.18. The number of rotatable bonds is 11. The Hall–Kier alpha value is -3.85. The van der Waals surface area contributed by atoms with Gasteiger partial charge in [-0.15, -0.1) is 0 Å². The summed E-state index contributed by atoms with van der Waals surface area (Å²) in [4.78, 5) is 17.7. The zero-order chi connectivity index (χ0) is 37.1. The topological polar surface area (TPSA) is 108 Å². The molecular weight excluding hydrogens is 747 g/mol. The average molecular weight is 785 g/mol. The van der Waals surface area contributed by atoms with Crippen LogP contribution in [0.3, 0.4) is 0 Å². The van der Waals surface area contributed by atoms with E-state index >= 15 is 8.78 Å². The Morgan fingerprint density at radius 3 is 2.37 bits per heavy atom. The van der Waals surface area contributed by atoms with Crippen LogP contribution in [0.2, 0.25) is 9.36 Å². The van der Waals surface area contributed by atoms with Gasteiger partial charge in [0.1, 0.15) is 32.1 Å². The summed E-state index contributed by atoms with van der Waals surface area (Å²) in [5, 5.41) is 0.489. The fourth-order valence-electron chi connectivity index (χ4n) is 5.73. The van der Waals surface area contributed by atoms with Gasteiger partial charge in [0.15, 0.2) is 11.6 Å². The van der Waals surface area contributed by atoms with E-state index in [0.29, 0.717) is 47.2 Å².